The van der Waals surface area contributed by atoms with Crippen LogP contribution < -0.4 is 5.32 Å². The summed E-state index contributed by atoms with van der Waals surface area (Å²) < 4.78 is 13.7. The summed E-state index contributed by atoms with van der Waals surface area (Å²) in [4.78, 5) is 22.2. The summed E-state index contributed by atoms with van der Waals surface area (Å²) >= 11 is 6.37. The van der Waals surface area contributed by atoms with Crippen LogP contribution in [0.25, 0.3) is 0 Å². The first-order chi connectivity index (χ1) is 7.50. The summed E-state index contributed by atoms with van der Waals surface area (Å²) in [7, 11) is 0. The first-order valence-corrected chi connectivity index (χ1v) is 6.15. The van der Waals surface area contributed by atoms with Crippen LogP contribution in [0, 0.1) is 5.82 Å². The lowest BCUT2D eigenvalue weighted by molar-refractivity contribution is -0.125. The second kappa shape index (κ2) is 4.25. The van der Waals surface area contributed by atoms with E-state index >= 15 is 0 Å². The van der Waals surface area contributed by atoms with Crippen molar-refractivity contribution in [3.8, 4) is 0 Å². The molecule has 0 radical (unpaired) electrons. The maximum absolute atomic E-state index is 13.1. The Morgan fingerprint density at radius 3 is 2.50 bits per heavy atom. The number of halogens is 3. The number of benzene rings is 1. The highest BCUT2D eigenvalue weighted by molar-refractivity contribution is 9.10. The second-order valence-corrected chi connectivity index (χ2v) is 5.24. The summed E-state index contributed by atoms with van der Waals surface area (Å²) in [6.45, 7) is 0. The van der Waals surface area contributed by atoms with Crippen LogP contribution in [-0.2, 0) is 9.59 Å². The summed E-state index contributed by atoms with van der Waals surface area (Å²) in [5.74, 6) is -1.95. The van der Waals surface area contributed by atoms with Gasteiger partial charge in [0, 0.05) is 4.47 Å². The predicted octanol–water partition coefficient (Wildman–Crippen LogP) is 2.09. The Kier molecular flexibility index (Phi) is 3.12. The molecule has 0 bridgehead atoms. The van der Waals surface area contributed by atoms with E-state index in [2.05, 4.69) is 37.2 Å². The Balaban J connectivity index is 2.48. The topological polar surface area (TPSA) is 46.2 Å². The van der Waals surface area contributed by atoms with E-state index in [1.165, 1.54) is 18.2 Å². The van der Waals surface area contributed by atoms with Crippen molar-refractivity contribution >= 4 is 43.7 Å². The third-order valence-corrected chi connectivity index (χ3v) is 4.03. The van der Waals surface area contributed by atoms with Crippen molar-refractivity contribution in [2.45, 2.75) is 10.7 Å². The average Bonchev–Trinajstić information content (AvgIpc) is 2.46. The van der Waals surface area contributed by atoms with Gasteiger partial charge in [-0.05, 0) is 23.8 Å². The average molecular weight is 351 g/mol. The van der Waals surface area contributed by atoms with Gasteiger partial charge < -0.3 is 0 Å². The fourth-order valence-electron chi connectivity index (χ4n) is 1.60. The maximum Gasteiger partial charge on any atom is 0.241 e. The molecule has 0 aliphatic carbocycles. The SMILES string of the molecule is O=C1NC(=O)C(c2cc(F)ccc2Br)C1Br. The number of carbonyl (C=O) groups is 2. The van der Waals surface area contributed by atoms with Gasteiger partial charge in [0.25, 0.3) is 0 Å². The van der Waals surface area contributed by atoms with Crippen molar-refractivity contribution in [1.29, 1.82) is 0 Å². The minimum Gasteiger partial charge on any atom is -0.295 e. The number of hydrogen-bond acceptors (Lipinski definition) is 2. The molecule has 16 heavy (non-hydrogen) atoms. The van der Waals surface area contributed by atoms with Gasteiger partial charge in [0.05, 0.1) is 5.92 Å². The van der Waals surface area contributed by atoms with Crippen LogP contribution in [0.4, 0.5) is 4.39 Å². The first kappa shape index (κ1) is 11.7. The molecule has 84 valence electrons. The molecule has 3 nitrogen and oxygen atoms in total. The number of amides is 2. The maximum atomic E-state index is 13.1. The molecule has 0 saturated carbocycles. The minimum atomic E-state index is -0.697. The molecule has 1 heterocycles. The molecule has 1 aliphatic heterocycles. The lowest BCUT2D eigenvalue weighted by Crippen LogP contribution is -2.22. The predicted molar refractivity (Wildman–Crippen MR) is 62.7 cm³/mol. The third-order valence-electron chi connectivity index (χ3n) is 2.37. The number of rotatable bonds is 1. The molecule has 2 atom stereocenters. The Hall–Kier alpha value is -0.750. The largest absolute Gasteiger partial charge is 0.295 e. The zero-order valence-electron chi connectivity index (χ0n) is 7.84. The number of hydrogen-bond donors (Lipinski definition) is 1. The number of nitrogens with one attached hydrogen (secondary N) is 1. The van der Waals surface area contributed by atoms with Gasteiger partial charge in [-0.15, -0.1) is 0 Å². The van der Waals surface area contributed by atoms with E-state index in [0.29, 0.717) is 10.0 Å². The molecule has 1 saturated heterocycles. The van der Waals surface area contributed by atoms with Crippen molar-refractivity contribution in [2.75, 3.05) is 0 Å². The van der Waals surface area contributed by atoms with Gasteiger partial charge >= 0.3 is 0 Å². The van der Waals surface area contributed by atoms with Crippen LogP contribution >= 0.6 is 31.9 Å². The third kappa shape index (κ3) is 1.91. The standard InChI is InChI=1S/C10H6Br2FNO2/c11-6-2-1-4(13)3-5(6)7-8(12)10(16)14-9(7)15/h1-3,7-8H,(H,14,15,16). The second-order valence-electron chi connectivity index (χ2n) is 3.40. The highest BCUT2D eigenvalue weighted by atomic mass is 79.9. The lowest BCUT2D eigenvalue weighted by Gasteiger charge is -2.12. The molecular weight excluding hydrogens is 345 g/mol. The van der Waals surface area contributed by atoms with E-state index in [1.807, 2.05) is 0 Å². The smallest absolute Gasteiger partial charge is 0.241 e. The van der Waals surface area contributed by atoms with Gasteiger partial charge in [0.2, 0.25) is 11.8 Å². The van der Waals surface area contributed by atoms with Gasteiger partial charge in [-0.2, -0.15) is 0 Å². The molecule has 2 rings (SSSR count). The Labute approximate surface area is 108 Å². The van der Waals surface area contributed by atoms with Gasteiger partial charge in [0.15, 0.2) is 0 Å². The van der Waals surface area contributed by atoms with Gasteiger partial charge in [-0.25, -0.2) is 4.39 Å². The Bertz CT molecular complexity index is 478. The van der Waals surface area contributed by atoms with Crippen LogP contribution in [-0.4, -0.2) is 16.6 Å². The van der Waals surface area contributed by atoms with Crippen molar-refractivity contribution in [3.63, 3.8) is 0 Å². The molecule has 1 fully saturated rings. The summed E-state index contributed by atoms with van der Waals surface area (Å²) in [5.41, 5.74) is 0.463. The number of alkyl halides is 1. The molecule has 0 aromatic heterocycles. The highest BCUT2D eigenvalue weighted by Gasteiger charge is 2.41. The number of carbonyl (C=O) groups excluding carboxylic acids is 2. The van der Waals surface area contributed by atoms with E-state index < -0.39 is 28.4 Å². The normalized spacial score (nSPS) is 24.7. The Morgan fingerprint density at radius 1 is 1.25 bits per heavy atom. The van der Waals surface area contributed by atoms with Crippen LogP contribution in [0.5, 0.6) is 0 Å². The molecule has 0 spiro atoms. The fourth-order valence-corrected chi connectivity index (χ4v) is 2.74. The first-order valence-electron chi connectivity index (χ1n) is 4.44. The van der Waals surface area contributed by atoms with Crippen LogP contribution in [0.3, 0.4) is 0 Å². The molecule has 2 amide bonds. The summed E-state index contributed by atoms with van der Waals surface area (Å²) in [5, 5.41) is 2.19. The van der Waals surface area contributed by atoms with E-state index in [-0.39, 0.29) is 0 Å². The summed E-state index contributed by atoms with van der Waals surface area (Å²) in [6, 6.07) is 4.05. The van der Waals surface area contributed by atoms with Gasteiger partial charge in [0.1, 0.15) is 10.6 Å². The quantitative estimate of drug-likeness (QED) is 0.622. The molecule has 1 aliphatic rings. The van der Waals surface area contributed by atoms with E-state index in [0.717, 1.165) is 0 Å². The molecular formula is C10H6Br2FNO2. The van der Waals surface area contributed by atoms with Gasteiger partial charge in [-0.3, -0.25) is 14.9 Å². The van der Waals surface area contributed by atoms with Gasteiger partial charge in [-0.1, -0.05) is 31.9 Å². The van der Waals surface area contributed by atoms with Crippen molar-refractivity contribution < 1.29 is 14.0 Å². The Morgan fingerprint density at radius 2 is 1.94 bits per heavy atom. The van der Waals surface area contributed by atoms with E-state index in [9.17, 15) is 14.0 Å². The number of imide groups is 1. The van der Waals surface area contributed by atoms with Crippen molar-refractivity contribution in [1.82, 2.24) is 5.32 Å². The molecule has 1 aromatic rings. The minimum absolute atomic E-state index is 0.397. The van der Waals surface area contributed by atoms with Crippen LogP contribution in [0.2, 0.25) is 0 Å². The zero-order valence-corrected chi connectivity index (χ0v) is 11.0. The zero-order chi connectivity index (χ0) is 11.9. The molecule has 1 aromatic carbocycles. The monoisotopic (exact) mass is 349 g/mol. The molecule has 2 unspecified atom stereocenters. The fraction of sp³-hybridized carbons (Fsp3) is 0.200. The lowest BCUT2D eigenvalue weighted by atomic mass is 9.97. The van der Waals surface area contributed by atoms with Crippen LogP contribution in [0.1, 0.15) is 11.5 Å². The summed E-state index contributed by atoms with van der Waals surface area (Å²) in [6.07, 6.45) is 0. The van der Waals surface area contributed by atoms with Crippen molar-refractivity contribution in [3.05, 3.63) is 34.1 Å². The molecule has 1 N–H and O–H groups in total. The van der Waals surface area contributed by atoms with Crippen LogP contribution in [0.15, 0.2) is 22.7 Å². The van der Waals surface area contributed by atoms with Crippen molar-refractivity contribution in [2.24, 2.45) is 0 Å². The van der Waals surface area contributed by atoms with E-state index in [4.69, 9.17) is 0 Å². The highest BCUT2D eigenvalue weighted by Crippen LogP contribution is 2.34. The van der Waals surface area contributed by atoms with E-state index in [1.54, 1.807) is 0 Å². The molecule has 6 heteroatoms.